The van der Waals surface area contributed by atoms with Gasteiger partial charge in [0.25, 0.3) is 0 Å². The van der Waals surface area contributed by atoms with Crippen LogP contribution in [0, 0.1) is 6.92 Å². The molecule has 3 nitrogen and oxygen atoms in total. The van der Waals surface area contributed by atoms with E-state index in [0.29, 0.717) is 15.6 Å². The van der Waals surface area contributed by atoms with E-state index >= 15 is 0 Å². The van der Waals surface area contributed by atoms with Crippen LogP contribution in [0.3, 0.4) is 0 Å². The smallest absolute Gasteiger partial charge is 0.349 e. The Hall–Kier alpha value is -0.910. The van der Waals surface area contributed by atoms with Crippen LogP contribution in [0.2, 0.25) is 5.02 Å². The van der Waals surface area contributed by atoms with Crippen LogP contribution < -0.4 is 0 Å². The summed E-state index contributed by atoms with van der Waals surface area (Å²) in [6.07, 6.45) is 0. The molecule has 0 aliphatic carbocycles. The molecular formula is C12H9BrClNO2S. The fraction of sp³-hybridized carbons (Fsp3) is 0.167. The summed E-state index contributed by atoms with van der Waals surface area (Å²) in [5, 5.41) is 1.36. The normalized spacial score (nSPS) is 10.4. The molecule has 2 rings (SSSR count). The Morgan fingerprint density at radius 3 is 2.89 bits per heavy atom. The van der Waals surface area contributed by atoms with Gasteiger partial charge in [0, 0.05) is 15.1 Å². The summed E-state index contributed by atoms with van der Waals surface area (Å²) in [5.74, 6) is -0.366. The minimum atomic E-state index is -0.366. The van der Waals surface area contributed by atoms with Crippen molar-refractivity contribution in [3.05, 3.63) is 38.3 Å². The maximum Gasteiger partial charge on any atom is 0.349 e. The van der Waals surface area contributed by atoms with Crippen molar-refractivity contribution in [1.82, 2.24) is 4.98 Å². The standard InChI is InChI=1S/C12H9BrClNO2S/c1-6-10(12(16)17-2)18-11(15-6)8-5-7(14)3-4-9(8)13/h3-5H,1-2H3. The zero-order valence-electron chi connectivity index (χ0n) is 9.66. The lowest BCUT2D eigenvalue weighted by molar-refractivity contribution is 0.0605. The lowest BCUT2D eigenvalue weighted by Gasteiger charge is -2.00. The van der Waals surface area contributed by atoms with E-state index in [9.17, 15) is 4.79 Å². The lowest BCUT2D eigenvalue weighted by Crippen LogP contribution is -1.99. The minimum absolute atomic E-state index is 0.366. The van der Waals surface area contributed by atoms with Crippen LogP contribution in [0.1, 0.15) is 15.4 Å². The zero-order chi connectivity index (χ0) is 13.3. The second-order valence-corrected chi connectivity index (χ2v) is 5.84. The molecule has 1 aromatic heterocycles. The van der Waals surface area contributed by atoms with Gasteiger partial charge in [-0.1, -0.05) is 27.5 Å². The van der Waals surface area contributed by atoms with Crippen LogP contribution in [0.4, 0.5) is 0 Å². The second-order valence-electron chi connectivity index (χ2n) is 3.55. The molecular weight excluding hydrogens is 338 g/mol. The average Bonchev–Trinajstić information content (AvgIpc) is 2.73. The van der Waals surface area contributed by atoms with Crippen molar-refractivity contribution in [3.63, 3.8) is 0 Å². The van der Waals surface area contributed by atoms with Gasteiger partial charge >= 0.3 is 5.97 Å². The predicted octanol–water partition coefficient (Wildman–Crippen LogP) is 4.32. The number of carbonyl (C=O) groups excluding carboxylic acids is 1. The van der Waals surface area contributed by atoms with E-state index in [1.807, 2.05) is 12.1 Å². The highest BCUT2D eigenvalue weighted by Gasteiger charge is 2.17. The summed E-state index contributed by atoms with van der Waals surface area (Å²) >= 11 is 10.7. The van der Waals surface area contributed by atoms with Gasteiger partial charge in [0.15, 0.2) is 0 Å². The number of carbonyl (C=O) groups is 1. The van der Waals surface area contributed by atoms with Crippen LogP contribution in [-0.4, -0.2) is 18.1 Å². The third-order valence-electron chi connectivity index (χ3n) is 2.33. The van der Waals surface area contributed by atoms with Gasteiger partial charge in [-0.2, -0.15) is 0 Å². The van der Waals surface area contributed by atoms with E-state index in [1.54, 1.807) is 13.0 Å². The Labute approximate surface area is 122 Å². The van der Waals surface area contributed by atoms with E-state index in [-0.39, 0.29) is 5.97 Å². The Kier molecular flexibility index (Phi) is 4.04. The Morgan fingerprint density at radius 1 is 1.50 bits per heavy atom. The van der Waals surface area contributed by atoms with Crippen molar-refractivity contribution in [2.45, 2.75) is 6.92 Å². The van der Waals surface area contributed by atoms with Gasteiger partial charge in [0.1, 0.15) is 9.88 Å². The van der Waals surface area contributed by atoms with Crippen LogP contribution in [0.25, 0.3) is 10.6 Å². The first-order chi connectivity index (χ1) is 8.52. The van der Waals surface area contributed by atoms with E-state index in [1.165, 1.54) is 18.4 Å². The maximum absolute atomic E-state index is 11.5. The number of ether oxygens (including phenoxy) is 1. The van der Waals surface area contributed by atoms with E-state index < -0.39 is 0 Å². The lowest BCUT2D eigenvalue weighted by atomic mass is 10.2. The molecule has 0 saturated heterocycles. The summed E-state index contributed by atoms with van der Waals surface area (Å²) in [7, 11) is 1.36. The van der Waals surface area contributed by atoms with Crippen molar-refractivity contribution in [3.8, 4) is 10.6 Å². The summed E-state index contributed by atoms with van der Waals surface area (Å²) in [4.78, 5) is 16.4. The fourth-order valence-corrected chi connectivity index (χ4v) is 3.21. The van der Waals surface area contributed by atoms with Gasteiger partial charge in [-0.15, -0.1) is 11.3 Å². The molecule has 0 saturated carbocycles. The van der Waals surface area contributed by atoms with E-state index in [2.05, 4.69) is 20.9 Å². The molecule has 0 spiro atoms. The van der Waals surface area contributed by atoms with Crippen molar-refractivity contribution >= 4 is 44.8 Å². The summed E-state index contributed by atoms with van der Waals surface area (Å²) in [6.45, 7) is 1.78. The molecule has 0 amide bonds. The minimum Gasteiger partial charge on any atom is -0.465 e. The molecule has 0 unspecified atom stereocenters. The molecule has 1 aromatic carbocycles. The van der Waals surface area contributed by atoms with Gasteiger partial charge in [-0.05, 0) is 25.1 Å². The number of rotatable bonds is 2. The van der Waals surface area contributed by atoms with Crippen molar-refractivity contribution < 1.29 is 9.53 Å². The number of halogens is 2. The average molecular weight is 347 g/mol. The van der Waals surface area contributed by atoms with Gasteiger partial charge in [0.05, 0.1) is 12.8 Å². The maximum atomic E-state index is 11.5. The predicted molar refractivity (Wildman–Crippen MR) is 76.3 cm³/mol. The Bertz CT molecular complexity index is 612. The molecule has 0 radical (unpaired) electrons. The fourth-order valence-electron chi connectivity index (χ4n) is 1.46. The molecule has 0 aliphatic heterocycles. The highest BCUT2D eigenvalue weighted by molar-refractivity contribution is 9.10. The quantitative estimate of drug-likeness (QED) is 0.760. The molecule has 6 heteroatoms. The van der Waals surface area contributed by atoms with Crippen LogP contribution in [0.5, 0.6) is 0 Å². The monoisotopic (exact) mass is 345 g/mol. The number of nitrogens with zero attached hydrogens (tertiary/aromatic N) is 1. The summed E-state index contributed by atoms with van der Waals surface area (Å²) < 4.78 is 5.60. The summed E-state index contributed by atoms with van der Waals surface area (Å²) in [5.41, 5.74) is 1.53. The molecule has 0 bridgehead atoms. The highest BCUT2D eigenvalue weighted by atomic mass is 79.9. The molecule has 0 atom stereocenters. The number of methoxy groups -OCH3 is 1. The molecule has 0 fully saturated rings. The number of benzene rings is 1. The van der Waals surface area contributed by atoms with E-state index in [4.69, 9.17) is 16.3 Å². The van der Waals surface area contributed by atoms with Crippen molar-refractivity contribution in [2.24, 2.45) is 0 Å². The number of aromatic nitrogens is 1. The van der Waals surface area contributed by atoms with Gasteiger partial charge in [-0.25, -0.2) is 9.78 Å². The number of thiazole rings is 1. The topological polar surface area (TPSA) is 39.2 Å². The molecule has 94 valence electrons. The largest absolute Gasteiger partial charge is 0.465 e. The molecule has 0 N–H and O–H groups in total. The highest BCUT2D eigenvalue weighted by Crippen LogP contribution is 2.35. The first kappa shape index (κ1) is 13.5. The second kappa shape index (κ2) is 5.38. The van der Waals surface area contributed by atoms with E-state index in [0.717, 1.165) is 15.0 Å². The van der Waals surface area contributed by atoms with Gasteiger partial charge < -0.3 is 4.74 Å². The number of esters is 1. The number of hydrogen-bond acceptors (Lipinski definition) is 4. The van der Waals surface area contributed by atoms with Crippen molar-refractivity contribution in [2.75, 3.05) is 7.11 Å². The number of hydrogen-bond donors (Lipinski definition) is 0. The SMILES string of the molecule is COC(=O)c1sc(-c2cc(Cl)ccc2Br)nc1C. The first-order valence-electron chi connectivity index (χ1n) is 5.04. The van der Waals surface area contributed by atoms with Gasteiger partial charge in [-0.3, -0.25) is 0 Å². The van der Waals surface area contributed by atoms with Crippen LogP contribution in [0.15, 0.2) is 22.7 Å². The van der Waals surface area contributed by atoms with Crippen LogP contribution in [-0.2, 0) is 4.74 Å². The third kappa shape index (κ3) is 2.58. The number of aryl methyl sites for hydroxylation is 1. The first-order valence-corrected chi connectivity index (χ1v) is 7.03. The van der Waals surface area contributed by atoms with Crippen LogP contribution >= 0.6 is 38.9 Å². The zero-order valence-corrected chi connectivity index (χ0v) is 12.8. The Morgan fingerprint density at radius 2 is 2.22 bits per heavy atom. The Balaban J connectivity index is 2.52. The molecule has 2 aromatic rings. The van der Waals surface area contributed by atoms with Crippen molar-refractivity contribution in [1.29, 1.82) is 0 Å². The van der Waals surface area contributed by atoms with Gasteiger partial charge in [0.2, 0.25) is 0 Å². The molecule has 0 aliphatic rings. The third-order valence-corrected chi connectivity index (χ3v) is 4.42. The molecule has 1 heterocycles. The molecule has 18 heavy (non-hydrogen) atoms. The summed E-state index contributed by atoms with van der Waals surface area (Å²) in [6, 6.07) is 5.45.